The first-order valence-corrected chi connectivity index (χ1v) is 7.94. The second kappa shape index (κ2) is 7.77. The van der Waals surface area contributed by atoms with Gasteiger partial charge in [-0.2, -0.15) is 0 Å². The van der Waals surface area contributed by atoms with Crippen LogP contribution in [0.3, 0.4) is 0 Å². The number of hydrogen-bond donors (Lipinski definition) is 1. The summed E-state index contributed by atoms with van der Waals surface area (Å²) in [5.41, 5.74) is 5.91. The van der Waals surface area contributed by atoms with E-state index in [4.69, 9.17) is 4.74 Å². The molecule has 0 atom stereocenters. The molecule has 4 heteroatoms. The number of esters is 1. The van der Waals surface area contributed by atoms with Crippen LogP contribution in [0, 0.1) is 27.7 Å². The van der Waals surface area contributed by atoms with Gasteiger partial charge in [-0.15, -0.1) is 0 Å². The summed E-state index contributed by atoms with van der Waals surface area (Å²) in [6.07, 6.45) is 0.163. The topological polar surface area (TPSA) is 55.4 Å². The summed E-state index contributed by atoms with van der Waals surface area (Å²) in [5, 5.41) is 2.82. The van der Waals surface area contributed by atoms with Gasteiger partial charge in [-0.25, -0.2) is 0 Å². The Morgan fingerprint density at radius 2 is 1.50 bits per heavy atom. The number of aryl methyl sites for hydroxylation is 4. The van der Waals surface area contributed by atoms with E-state index in [2.05, 4.69) is 5.32 Å². The Balaban J connectivity index is 1.87. The van der Waals surface area contributed by atoms with Crippen LogP contribution < -0.4 is 5.32 Å². The normalized spacial score (nSPS) is 10.3. The highest BCUT2D eigenvalue weighted by Gasteiger charge is 2.11. The molecule has 0 aliphatic rings. The molecular formula is C20H23NO3. The van der Waals surface area contributed by atoms with Crippen LogP contribution in [0.2, 0.25) is 0 Å². The molecule has 0 aliphatic heterocycles. The maximum Gasteiger partial charge on any atom is 0.310 e. The number of ether oxygens (including phenoxy) is 1. The van der Waals surface area contributed by atoms with Crippen LogP contribution >= 0.6 is 0 Å². The number of nitrogens with one attached hydrogen (secondary N) is 1. The van der Waals surface area contributed by atoms with Crippen LogP contribution in [0.5, 0.6) is 0 Å². The number of hydrogen-bond acceptors (Lipinski definition) is 3. The summed E-state index contributed by atoms with van der Waals surface area (Å²) in [4.78, 5) is 23.8. The third-order valence-electron chi connectivity index (χ3n) is 3.77. The highest BCUT2D eigenvalue weighted by atomic mass is 16.5. The Kier molecular flexibility index (Phi) is 5.74. The molecule has 24 heavy (non-hydrogen) atoms. The van der Waals surface area contributed by atoms with E-state index in [-0.39, 0.29) is 18.9 Å². The Morgan fingerprint density at radius 1 is 0.917 bits per heavy atom. The largest absolute Gasteiger partial charge is 0.455 e. The van der Waals surface area contributed by atoms with Gasteiger partial charge < -0.3 is 10.1 Å². The lowest BCUT2D eigenvalue weighted by atomic mass is 10.1. The van der Waals surface area contributed by atoms with Gasteiger partial charge in [-0.05, 0) is 44.4 Å². The van der Waals surface area contributed by atoms with Crippen LogP contribution in [0.4, 0.5) is 5.69 Å². The summed E-state index contributed by atoms with van der Waals surface area (Å²) in [6.45, 7) is 7.61. The lowest BCUT2D eigenvalue weighted by Gasteiger charge is -2.13. The zero-order valence-corrected chi connectivity index (χ0v) is 14.6. The molecule has 0 saturated carbocycles. The SMILES string of the molecule is Cc1ccc(CC(=O)OCC(=O)Nc2c(C)cc(C)cc2C)cc1. The minimum atomic E-state index is -0.411. The van der Waals surface area contributed by atoms with E-state index < -0.39 is 5.97 Å². The van der Waals surface area contributed by atoms with E-state index in [1.54, 1.807) is 0 Å². The van der Waals surface area contributed by atoms with Gasteiger partial charge in [-0.3, -0.25) is 9.59 Å². The first kappa shape index (κ1) is 17.7. The number of carbonyl (C=O) groups is 2. The first-order chi connectivity index (χ1) is 11.3. The second-order valence-electron chi connectivity index (χ2n) is 6.14. The molecule has 4 nitrogen and oxygen atoms in total. The summed E-state index contributed by atoms with van der Waals surface area (Å²) in [5.74, 6) is -0.742. The third-order valence-corrected chi connectivity index (χ3v) is 3.77. The maximum absolute atomic E-state index is 12.0. The molecule has 1 amide bonds. The Bertz CT molecular complexity index is 725. The molecule has 0 radical (unpaired) electrons. The monoisotopic (exact) mass is 325 g/mol. The van der Waals surface area contributed by atoms with Crippen molar-refractivity contribution in [1.29, 1.82) is 0 Å². The molecule has 0 heterocycles. The lowest BCUT2D eigenvalue weighted by Crippen LogP contribution is -2.22. The van der Waals surface area contributed by atoms with Crippen molar-refractivity contribution in [3.8, 4) is 0 Å². The molecule has 0 saturated heterocycles. The zero-order chi connectivity index (χ0) is 17.7. The molecule has 2 aromatic rings. The van der Waals surface area contributed by atoms with Crippen molar-refractivity contribution >= 4 is 17.6 Å². The average Bonchev–Trinajstić information content (AvgIpc) is 2.51. The number of carbonyl (C=O) groups excluding carboxylic acids is 2. The zero-order valence-electron chi connectivity index (χ0n) is 14.6. The summed E-state index contributed by atoms with van der Waals surface area (Å²) >= 11 is 0. The maximum atomic E-state index is 12.0. The quantitative estimate of drug-likeness (QED) is 0.854. The van der Waals surface area contributed by atoms with Gasteiger partial charge in [0.2, 0.25) is 0 Å². The van der Waals surface area contributed by atoms with Gasteiger partial charge >= 0.3 is 5.97 Å². The molecule has 2 rings (SSSR count). The van der Waals surface area contributed by atoms with Gasteiger partial charge in [-0.1, -0.05) is 47.5 Å². The molecule has 126 valence electrons. The molecule has 1 N–H and O–H groups in total. The van der Waals surface area contributed by atoms with Crippen molar-refractivity contribution in [2.75, 3.05) is 11.9 Å². The van der Waals surface area contributed by atoms with Crippen molar-refractivity contribution in [1.82, 2.24) is 0 Å². The summed E-state index contributed by atoms with van der Waals surface area (Å²) in [7, 11) is 0. The number of rotatable bonds is 5. The molecular weight excluding hydrogens is 302 g/mol. The van der Waals surface area contributed by atoms with E-state index in [9.17, 15) is 9.59 Å². The fraction of sp³-hybridized carbons (Fsp3) is 0.300. The van der Waals surface area contributed by atoms with Gasteiger partial charge in [0.25, 0.3) is 5.91 Å². The number of benzene rings is 2. The average molecular weight is 325 g/mol. The minimum Gasteiger partial charge on any atom is -0.455 e. The van der Waals surface area contributed by atoms with Gasteiger partial charge in [0.1, 0.15) is 0 Å². The Morgan fingerprint density at radius 3 is 2.08 bits per heavy atom. The van der Waals surface area contributed by atoms with E-state index in [0.717, 1.165) is 33.5 Å². The highest BCUT2D eigenvalue weighted by Crippen LogP contribution is 2.21. The van der Waals surface area contributed by atoms with Crippen LogP contribution in [0.1, 0.15) is 27.8 Å². The van der Waals surface area contributed by atoms with Crippen molar-refractivity contribution in [3.05, 3.63) is 64.2 Å². The van der Waals surface area contributed by atoms with Crippen LogP contribution in [-0.2, 0) is 20.7 Å². The second-order valence-corrected chi connectivity index (χ2v) is 6.14. The van der Waals surface area contributed by atoms with Gasteiger partial charge in [0.15, 0.2) is 6.61 Å². The van der Waals surface area contributed by atoms with Crippen LogP contribution in [0.15, 0.2) is 36.4 Å². The van der Waals surface area contributed by atoms with Crippen LogP contribution in [0.25, 0.3) is 0 Å². The van der Waals surface area contributed by atoms with Gasteiger partial charge in [0, 0.05) is 5.69 Å². The molecule has 0 fully saturated rings. The van der Waals surface area contributed by atoms with E-state index >= 15 is 0 Å². The molecule has 0 aliphatic carbocycles. The highest BCUT2D eigenvalue weighted by molar-refractivity contribution is 5.94. The molecule has 0 bridgehead atoms. The third kappa shape index (κ3) is 4.95. The van der Waals surface area contributed by atoms with E-state index in [0.29, 0.717) is 0 Å². The van der Waals surface area contributed by atoms with Crippen molar-refractivity contribution < 1.29 is 14.3 Å². The Hall–Kier alpha value is -2.62. The smallest absolute Gasteiger partial charge is 0.310 e. The summed E-state index contributed by atoms with van der Waals surface area (Å²) < 4.78 is 5.06. The Labute approximate surface area is 142 Å². The van der Waals surface area contributed by atoms with E-state index in [1.165, 1.54) is 0 Å². The van der Waals surface area contributed by atoms with E-state index in [1.807, 2.05) is 64.1 Å². The predicted octanol–water partition coefficient (Wildman–Crippen LogP) is 3.64. The fourth-order valence-electron chi connectivity index (χ4n) is 2.62. The summed E-state index contributed by atoms with van der Waals surface area (Å²) in [6, 6.07) is 11.7. The van der Waals surface area contributed by atoms with Crippen molar-refractivity contribution in [2.24, 2.45) is 0 Å². The molecule has 0 aromatic heterocycles. The molecule has 0 unspecified atom stereocenters. The van der Waals surface area contributed by atoms with Crippen LogP contribution in [-0.4, -0.2) is 18.5 Å². The standard InChI is InChI=1S/C20H23NO3/c1-13-5-7-17(8-6-13)11-19(23)24-12-18(22)21-20-15(3)9-14(2)10-16(20)4/h5-10H,11-12H2,1-4H3,(H,21,22). The minimum absolute atomic E-state index is 0.163. The van der Waals surface area contributed by atoms with Gasteiger partial charge in [0.05, 0.1) is 6.42 Å². The molecule has 0 spiro atoms. The fourth-order valence-corrected chi connectivity index (χ4v) is 2.62. The van der Waals surface area contributed by atoms with Crippen molar-refractivity contribution in [2.45, 2.75) is 34.1 Å². The van der Waals surface area contributed by atoms with Crippen molar-refractivity contribution in [3.63, 3.8) is 0 Å². The lowest BCUT2D eigenvalue weighted by molar-refractivity contribution is -0.146. The molecule has 2 aromatic carbocycles. The first-order valence-electron chi connectivity index (χ1n) is 7.94. The predicted molar refractivity (Wildman–Crippen MR) is 95.1 cm³/mol. The number of amides is 1. The number of anilines is 1.